The van der Waals surface area contributed by atoms with Crippen molar-refractivity contribution in [3.05, 3.63) is 58.0 Å². The molecule has 12 heteroatoms. The van der Waals surface area contributed by atoms with Crippen LogP contribution in [0.3, 0.4) is 0 Å². The molecule has 0 aliphatic carbocycles. The predicted molar refractivity (Wildman–Crippen MR) is 113 cm³/mol. The Morgan fingerprint density at radius 1 is 1.27 bits per heavy atom. The van der Waals surface area contributed by atoms with Gasteiger partial charge in [-0.25, -0.2) is 0 Å². The number of hydrogen-bond donors (Lipinski definition) is 0. The summed E-state index contributed by atoms with van der Waals surface area (Å²) < 4.78 is 48.2. The number of halogens is 4. The molecule has 2 atom stereocenters. The van der Waals surface area contributed by atoms with E-state index in [1.807, 2.05) is 19.2 Å². The Morgan fingerprint density at radius 3 is 2.73 bits per heavy atom. The third-order valence-electron chi connectivity index (χ3n) is 5.70. The fraction of sp³-hybridized carbons (Fsp3) is 0.429. The molecule has 0 radical (unpaired) electrons. The molecular weight excluding hydrogens is 461 g/mol. The summed E-state index contributed by atoms with van der Waals surface area (Å²) in [5.41, 5.74) is 0.136. The van der Waals surface area contributed by atoms with Gasteiger partial charge in [-0.05, 0) is 19.1 Å². The van der Waals surface area contributed by atoms with E-state index in [0.717, 1.165) is 11.8 Å². The second-order valence-corrected chi connectivity index (χ2v) is 8.28. The summed E-state index contributed by atoms with van der Waals surface area (Å²) in [5.74, 6) is -0.196. The van der Waals surface area contributed by atoms with E-state index in [1.165, 1.54) is 17.0 Å². The Bertz CT molecular complexity index is 1180. The number of carbonyl (C=O) groups excluding carboxylic acids is 1. The summed E-state index contributed by atoms with van der Waals surface area (Å²) in [6.07, 6.45) is -2.85. The quantitative estimate of drug-likeness (QED) is 0.547. The molecule has 0 bridgehead atoms. The first kappa shape index (κ1) is 23.2. The van der Waals surface area contributed by atoms with Crippen LogP contribution in [0.15, 0.2) is 30.5 Å². The zero-order valence-electron chi connectivity index (χ0n) is 18.2. The molecule has 0 N–H and O–H groups in total. The lowest BCUT2D eigenvalue weighted by molar-refractivity contribution is -0.137. The number of ether oxygens (including phenoxy) is 1. The first-order valence-corrected chi connectivity index (χ1v) is 10.7. The maximum absolute atomic E-state index is 13.3. The number of fused-ring (bicyclic) bond motifs is 1. The smallest absolute Gasteiger partial charge is 0.383 e. The molecule has 176 valence electrons. The maximum Gasteiger partial charge on any atom is 0.417 e. The molecule has 2 aromatic heterocycles. The van der Waals surface area contributed by atoms with Gasteiger partial charge in [0.05, 0.1) is 41.0 Å². The average Bonchev–Trinajstić information content (AvgIpc) is 3.41. The van der Waals surface area contributed by atoms with E-state index in [1.54, 1.807) is 23.4 Å². The van der Waals surface area contributed by atoms with Gasteiger partial charge in [-0.2, -0.15) is 23.0 Å². The van der Waals surface area contributed by atoms with Crippen molar-refractivity contribution in [2.75, 3.05) is 20.3 Å². The van der Waals surface area contributed by atoms with Crippen LogP contribution in [0.1, 0.15) is 53.1 Å². The van der Waals surface area contributed by atoms with E-state index in [4.69, 9.17) is 16.3 Å². The largest absolute Gasteiger partial charge is 0.417 e. The van der Waals surface area contributed by atoms with Crippen LogP contribution in [0.2, 0.25) is 5.02 Å². The molecule has 1 amide bonds. The third-order valence-corrected chi connectivity index (χ3v) is 6.10. The number of methoxy groups -OCH3 is 1. The van der Waals surface area contributed by atoms with E-state index in [2.05, 4.69) is 15.4 Å². The van der Waals surface area contributed by atoms with Crippen LogP contribution in [-0.4, -0.2) is 55.8 Å². The Kier molecular flexibility index (Phi) is 6.19. The van der Waals surface area contributed by atoms with Crippen molar-refractivity contribution in [3.8, 4) is 5.82 Å². The molecule has 0 saturated carbocycles. The van der Waals surface area contributed by atoms with Gasteiger partial charge in [-0.1, -0.05) is 29.8 Å². The molecule has 1 aromatic carbocycles. The predicted octanol–water partition coefficient (Wildman–Crippen LogP) is 4.10. The molecule has 33 heavy (non-hydrogen) atoms. The van der Waals surface area contributed by atoms with Gasteiger partial charge >= 0.3 is 6.18 Å². The van der Waals surface area contributed by atoms with Crippen LogP contribution in [0, 0.1) is 0 Å². The van der Waals surface area contributed by atoms with Crippen LogP contribution >= 0.6 is 11.6 Å². The van der Waals surface area contributed by atoms with E-state index in [-0.39, 0.29) is 18.0 Å². The maximum atomic E-state index is 13.3. The van der Waals surface area contributed by atoms with Crippen molar-refractivity contribution in [3.63, 3.8) is 0 Å². The Hall–Kier alpha value is -2.92. The normalized spacial score (nSPS) is 18.5. The second kappa shape index (κ2) is 8.79. The van der Waals surface area contributed by atoms with Gasteiger partial charge in [-0.15, -0.1) is 5.10 Å². The fourth-order valence-electron chi connectivity index (χ4n) is 4.02. The minimum Gasteiger partial charge on any atom is -0.383 e. The highest BCUT2D eigenvalue weighted by Crippen LogP contribution is 2.39. The number of aromatic nitrogens is 5. The zero-order valence-corrected chi connectivity index (χ0v) is 18.9. The molecule has 4 rings (SSSR count). The SMILES string of the molecule is COCCn1ccc(-n2nnc3c2C(C)CN(C(=O)c2cccc(C(F)(F)F)c2Cl)[C@H]3C)n1. The van der Waals surface area contributed by atoms with E-state index < -0.39 is 28.7 Å². The molecule has 3 aromatic rings. The van der Waals surface area contributed by atoms with Crippen LogP contribution < -0.4 is 0 Å². The second-order valence-electron chi connectivity index (χ2n) is 7.90. The summed E-state index contributed by atoms with van der Waals surface area (Å²) in [5, 5.41) is 12.4. The van der Waals surface area contributed by atoms with Crippen LogP contribution in [0.25, 0.3) is 5.82 Å². The summed E-state index contributed by atoms with van der Waals surface area (Å²) in [6, 6.07) is 4.63. The average molecular weight is 483 g/mol. The van der Waals surface area contributed by atoms with E-state index in [9.17, 15) is 18.0 Å². The zero-order chi connectivity index (χ0) is 23.9. The van der Waals surface area contributed by atoms with Gasteiger partial charge in [0, 0.05) is 31.8 Å². The number of amides is 1. The molecule has 0 fully saturated rings. The minimum atomic E-state index is -4.66. The molecule has 3 heterocycles. The lowest BCUT2D eigenvalue weighted by Crippen LogP contribution is -2.41. The Balaban J connectivity index is 1.65. The van der Waals surface area contributed by atoms with Gasteiger partial charge in [0.1, 0.15) is 5.69 Å². The van der Waals surface area contributed by atoms with Gasteiger partial charge < -0.3 is 9.64 Å². The van der Waals surface area contributed by atoms with Crippen molar-refractivity contribution >= 4 is 17.5 Å². The van der Waals surface area contributed by atoms with Crippen molar-refractivity contribution < 1.29 is 22.7 Å². The Labute approximate surface area is 192 Å². The first-order valence-electron chi connectivity index (χ1n) is 10.3. The van der Waals surface area contributed by atoms with Gasteiger partial charge in [-0.3, -0.25) is 9.48 Å². The summed E-state index contributed by atoms with van der Waals surface area (Å²) >= 11 is 6.00. The number of carbonyl (C=O) groups is 1. The molecule has 1 unspecified atom stereocenters. The molecule has 0 saturated heterocycles. The number of alkyl halides is 3. The van der Waals surface area contributed by atoms with Gasteiger partial charge in [0.25, 0.3) is 5.91 Å². The highest BCUT2D eigenvalue weighted by Gasteiger charge is 2.39. The lowest BCUT2D eigenvalue weighted by atomic mass is 9.94. The topological polar surface area (TPSA) is 78.1 Å². The lowest BCUT2D eigenvalue weighted by Gasteiger charge is -2.36. The number of hydrogen-bond acceptors (Lipinski definition) is 5. The highest BCUT2D eigenvalue weighted by molar-refractivity contribution is 6.34. The fourth-order valence-corrected chi connectivity index (χ4v) is 4.33. The van der Waals surface area contributed by atoms with Crippen molar-refractivity contribution in [2.24, 2.45) is 0 Å². The molecular formula is C21H22ClF3N6O2. The molecule has 1 aliphatic heterocycles. The summed E-state index contributed by atoms with van der Waals surface area (Å²) in [6.45, 7) is 5.02. The van der Waals surface area contributed by atoms with Crippen LogP contribution in [0.5, 0.6) is 0 Å². The highest BCUT2D eigenvalue weighted by atomic mass is 35.5. The third kappa shape index (κ3) is 4.22. The monoisotopic (exact) mass is 482 g/mol. The van der Waals surface area contributed by atoms with E-state index >= 15 is 0 Å². The molecule has 0 spiro atoms. The van der Waals surface area contributed by atoms with E-state index in [0.29, 0.717) is 24.7 Å². The minimum absolute atomic E-state index is 0.191. The standard InChI is InChI=1S/C21H22ClF3N6O2/c1-12-11-30(20(32)14-5-4-6-15(17(14)22)21(23,24)25)13(2)18-19(12)31(28-26-18)16-7-8-29(27-16)9-10-33-3/h4-8,12-13H,9-11H2,1-3H3/t12?,13-/m0/s1. The van der Waals surface area contributed by atoms with Crippen molar-refractivity contribution in [1.82, 2.24) is 29.7 Å². The van der Waals surface area contributed by atoms with Gasteiger partial charge in [0.2, 0.25) is 0 Å². The van der Waals surface area contributed by atoms with Crippen molar-refractivity contribution in [2.45, 2.75) is 38.5 Å². The Morgan fingerprint density at radius 2 is 2.03 bits per heavy atom. The summed E-state index contributed by atoms with van der Waals surface area (Å²) in [7, 11) is 1.61. The van der Waals surface area contributed by atoms with Crippen LogP contribution in [0.4, 0.5) is 13.2 Å². The first-order chi connectivity index (χ1) is 15.6. The number of nitrogens with zero attached hydrogens (tertiary/aromatic N) is 6. The van der Waals surface area contributed by atoms with Gasteiger partial charge in [0.15, 0.2) is 5.82 Å². The van der Waals surface area contributed by atoms with Crippen LogP contribution in [-0.2, 0) is 17.5 Å². The van der Waals surface area contributed by atoms with Crippen molar-refractivity contribution in [1.29, 1.82) is 0 Å². The number of rotatable bonds is 5. The summed E-state index contributed by atoms with van der Waals surface area (Å²) in [4.78, 5) is 14.7. The molecule has 8 nitrogen and oxygen atoms in total. The number of benzene rings is 1. The molecule has 1 aliphatic rings.